The molecule has 0 fully saturated rings. The van der Waals surface area contributed by atoms with Crippen molar-refractivity contribution in [2.75, 3.05) is 0 Å². The monoisotopic (exact) mass is 319 g/mol. The van der Waals surface area contributed by atoms with Gasteiger partial charge in [-0.1, -0.05) is 24.3 Å². The lowest BCUT2D eigenvalue weighted by Crippen LogP contribution is -2.43. The maximum atomic E-state index is 13.1. The zero-order valence-electron chi connectivity index (χ0n) is 12.1. The third-order valence-corrected chi connectivity index (χ3v) is 3.24. The lowest BCUT2D eigenvalue weighted by atomic mass is 10.1. The first-order valence-corrected chi connectivity index (χ1v) is 6.95. The predicted molar refractivity (Wildman–Crippen MR) is 79.8 cm³/mol. The Morgan fingerprint density at radius 2 is 1.70 bits per heavy atom. The number of carbonyl (C=O) groups excluding carboxylic acids is 1. The van der Waals surface area contributed by atoms with Crippen LogP contribution in [0.2, 0.25) is 0 Å². The molecule has 0 aliphatic carbocycles. The van der Waals surface area contributed by atoms with Gasteiger partial charge in [-0.05, 0) is 35.4 Å². The van der Waals surface area contributed by atoms with Crippen LogP contribution in [0, 0.1) is 11.6 Å². The highest BCUT2D eigenvalue weighted by molar-refractivity contribution is 5.85. The van der Waals surface area contributed by atoms with Crippen molar-refractivity contribution in [2.45, 2.75) is 18.9 Å². The largest absolute Gasteiger partial charge is 0.480 e. The lowest BCUT2D eigenvalue weighted by molar-refractivity contribution is -0.141. The van der Waals surface area contributed by atoms with Crippen molar-refractivity contribution in [3.05, 3.63) is 71.3 Å². The number of rotatable bonds is 6. The first-order chi connectivity index (χ1) is 10.9. The number of hydrogen-bond acceptors (Lipinski definition) is 2. The number of nitrogens with one attached hydrogen (secondary N) is 1. The molecule has 0 heterocycles. The van der Waals surface area contributed by atoms with E-state index in [4.69, 9.17) is 0 Å². The minimum Gasteiger partial charge on any atom is -0.480 e. The minimum absolute atomic E-state index is 0.0322. The Balaban J connectivity index is 1.99. The predicted octanol–water partition coefficient (Wildman–Crippen LogP) is 2.32. The van der Waals surface area contributed by atoms with Crippen LogP contribution in [0.5, 0.6) is 0 Å². The van der Waals surface area contributed by atoms with Crippen LogP contribution in [0.1, 0.15) is 11.1 Å². The van der Waals surface area contributed by atoms with Gasteiger partial charge in [0.1, 0.15) is 17.7 Å². The molecule has 0 bridgehead atoms. The van der Waals surface area contributed by atoms with Gasteiger partial charge in [0.15, 0.2) is 0 Å². The molecule has 2 aromatic rings. The van der Waals surface area contributed by atoms with Crippen LogP contribution in [0.3, 0.4) is 0 Å². The SMILES string of the molecule is O=C(Cc1cccc(F)c1)N[C@H](Cc1ccc(F)cc1)C(=O)O. The summed E-state index contributed by atoms with van der Waals surface area (Å²) in [6, 6.07) is 9.77. The first kappa shape index (κ1) is 16.6. The highest BCUT2D eigenvalue weighted by Gasteiger charge is 2.20. The number of halogens is 2. The van der Waals surface area contributed by atoms with Gasteiger partial charge in [0.05, 0.1) is 6.42 Å². The van der Waals surface area contributed by atoms with Crippen LogP contribution in [-0.4, -0.2) is 23.0 Å². The van der Waals surface area contributed by atoms with E-state index in [1.54, 1.807) is 6.07 Å². The van der Waals surface area contributed by atoms with Gasteiger partial charge >= 0.3 is 5.97 Å². The summed E-state index contributed by atoms with van der Waals surface area (Å²) < 4.78 is 25.9. The third kappa shape index (κ3) is 5.18. The van der Waals surface area contributed by atoms with Crippen molar-refractivity contribution in [2.24, 2.45) is 0 Å². The first-order valence-electron chi connectivity index (χ1n) is 6.95. The molecule has 0 spiro atoms. The van der Waals surface area contributed by atoms with Gasteiger partial charge in [-0.2, -0.15) is 0 Å². The van der Waals surface area contributed by atoms with E-state index in [9.17, 15) is 23.5 Å². The van der Waals surface area contributed by atoms with E-state index in [1.165, 1.54) is 42.5 Å². The number of carboxylic acids is 1. The molecule has 1 atom stereocenters. The van der Waals surface area contributed by atoms with E-state index < -0.39 is 29.6 Å². The highest BCUT2D eigenvalue weighted by Crippen LogP contribution is 2.08. The molecule has 0 radical (unpaired) electrons. The second-order valence-electron chi connectivity index (χ2n) is 5.10. The maximum absolute atomic E-state index is 13.1. The van der Waals surface area contributed by atoms with Crippen LogP contribution in [0.25, 0.3) is 0 Å². The van der Waals surface area contributed by atoms with Gasteiger partial charge in [0.25, 0.3) is 0 Å². The Hall–Kier alpha value is -2.76. The molecule has 0 unspecified atom stereocenters. The zero-order chi connectivity index (χ0) is 16.8. The normalized spacial score (nSPS) is 11.7. The number of amides is 1. The fraction of sp³-hybridized carbons (Fsp3) is 0.176. The molecule has 0 aliphatic rings. The third-order valence-electron chi connectivity index (χ3n) is 3.24. The van der Waals surface area contributed by atoms with E-state index in [0.717, 1.165) is 0 Å². The molecular formula is C17H15F2NO3. The van der Waals surface area contributed by atoms with E-state index in [1.807, 2.05) is 0 Å². The smallest absolute Gasteiger partial charge is 0.326 e. The Labute approximate surface area is 131 Å². The Morgan fingerprint density at radius 1 is 1.00 bits per heavy atom. The molecule has 2 N–H and O–H groups in total. The molecule has 0 aromatic heterocycles. The van der Waals surface area contributed by atoms with Gasteiger partial charge in [-0.25, -0.2) is 13.6 Å². The summed E-state index contributed by atoms with van der Waals surface area (Å²) in [5, 5.41) is 11.6. The van der Waals surface area contributed by atoms with E-state index in [2.05, 4.69) is 5.32 Å². The van der Waals surface area contributed by atoms with Crippen LogP contribution in [0.15, 0.2) is 48.5 Å². The van der Waals surface area contributed by atoms with Crippen molar-refractivity contribution < 1.29 is 23.5 Å². The number of hydrogen-bond donors (Lipinski definition) is 2. The van der Waals surface area contributed by atoms with Gasteiger partial charge in [0, 0.05) is 6.42 Å². The molecule has 120 valence electrons. The fourth-order valence-electron chi connectivity index (χ4n) is 2.13. The summed E-state index contributed by atoms with van der Waals surface area (Å²) in [5.74, 6) is -2.60. The summed E-state index contributed by atoms with van der Waals surface area (Å²) in [6.07, 6.45) is -0.0878. The minimum atomic E-state index is -1.19. The van der Waals surface area contributed by atoms with Crippen LogP contribution < -0.4 is 5.32 Å². The summed E-state index contributed by atoms with van der Waals surface area (Å²) in [5.41, 5.74) is 1.04. The maximum Gasteiger partial charge on any atom is 0.326 e. The molecule has 6 heteroatoms. The number of carboxylic acid groups (broad SMARTS) is 1. The van der Waals surface area contributed by atoms with Gasteiger partial charge < -0.3 is 10.4 Å². The highest BCUT2D eigenvalue weighted by atomic mass is 19.1. The number of carbonyl (C=O) groups is 2. The number of aliphatic carboxylic acids is 1. The Morgan fingerprint density at radius 3 is 2.30 bits per heavy atom. The van der Waals surface area contributed by atoms with Crippen LogP contribution in [-0.2, 0) is 22.4 Å². The fourth-order valence-corrected chi connectivity index (χ4v) is 2.13. The second-order valence-corrected chi connectivity index (χ2v) is 5.10. The molecular weight excluding hydrogens is 304 g/mol. The topological polar surface area (TPSA) is 66.4 Å². The second kappa shape index (κ2) is 7.49. The van der Waals surface area contributed by atoms with Crippen molar-refractivity contribution in [1.82, 2.24) is 5.32 Å². The van der Waals surface area contributed by atoms with Gasteiger partial charge in [-0.15, -0.1) is 0 Å². The Bertz CT molecular complexity index is 701. The molecule has 0 saturated heterocycles. The molecule has 0 saturated carbocycles. The zero-order valence-corrected chi connectivity index (χ0v) is 12.1. The van der Waals surface area contributed by atoms with Crippen molar-refractivity contribution in [3.63, 3.8) is 0 Å². The lowest BCUT2D eigenvalue weighted by Gasteiger charge is -2.14. The van der Waals surface area contributed by atoms with Crippen molar-refractivity contribution in [3.8, 4) is 0 Å². The summed E-state index contributed by atoms with van der Waals surface area (Å²) in [6.45, 7) is 0. The molecule has 2 rings (SSSR count). The summed E-state index contributed by atoms with van der Waals surface area (Å²) in [4.78, 5) is 23.2. The summed E-state index contributed by atoms with van der Waals surface area (Å²) in [7, 11) is 0. The molecule has 2 aromatic carbocycles. The van der Waals surface area contributed by atoms with E-state index in [-0.39, 0.29) is 12.8 Å². The molecule has 0 aliphatic heterocycles. The quantitative estimate of drug-likeness (QED) is 0.859. The van der Waals surface area contributed by atoms with E-state index >= 15 is 0 Å². The Kier molecular flexibility index (Phi) is 5.41. The molecule has 23 heavy (non-hydrogen) atoms. The number of benzene rings is 2. The van der Waals surface area contributed by atoms with Crippen molar-refractivity contribution >= 4 is 11.9 Å². The molecule has 1 amide bonds. The van der Waals surface area contributed by atoms with Crippen LogP contribution >= 0.6 is 0 Å². The van der Waals surface area contributed by atoms with Crippen LogP contribution in [0.4, 0.5) is 8.78 Å². The van der Waals surface area contributed by atoms with Crippen molar-refractivity contribution in [1.29, 1.82) is 0 Å². The van der Waals surface area contributed by atoms with Gasteiger partial charge in [-0.3, -0.25) is 4.79 Å². The standard InChI is InChI=1S/C17H15F2NO3/c18-13-6-4-11(5-7-13)9-15(17(22)23)20-16(21)10-12-2-1-3-14(19)8-12/h1-8,15H,9-10H2,(H,20,21)(H,22,23)/t15-/m1/s1. The van der Waals surface area contributed by atoms with Gasteiger partial charge in [0.2, 0.25) is 5.91 Å². The van der Waals surface area contributed by atoms with E-state index in [0.29, 0.717) is 11.1 Å². The molecule has 4 nitrogen and oxygen atoms in total. The average molecular weight is 319 g/mol. The summed E-state index contributed by atoms with van der Waals surface area (Å²) >= 11 is 0. The average Bonchev–Trinajstić information content (AvgIpc) is 2.48.